The normalized spacial score (nSPS) is 35.7. The summed E-state index contributed by atoms with van der Waals surface area (Å²) in [5, 5.41) is 9.94. The van der Waals surface area contributed by atoms with Crippen molar-refractivity contribution in [3.8, 4) is 0 Å². The first-order valence-corrected chi connectivity index (χ1v) is 12.1. The third-order valence-corrected chi connectivity index (χ3v) is 7.96. The van der Waals surface area contributed by atoms with Crippen molar-refractivity contribution in [1.29, 1.82) is 0 Å². The van der Waals surface area contributed by atoms with Gasteiger partial charge in [-0.1, -0.05) is 45.9 Å². The summed E-state index contributed by atoms with van der Waals surface area (Å²) in [5.41, 5.74) is 0.831. The highest BCUT2D eigenvalue weighted by Gasteiger charge is 2.43. The van der Waals surface area contributed by atoms with Crippen molar-refractivity contribution in [2.75, 3.05) is 0 Å². The fraction of sp³-hybridized carbons (Fsp3) is 0.769. The number of fused-ring (bicyclic) bond motifs is 1. The molecule has 0 spiro atoms. The third kappa shape index (κ3) is 5.42. The van der Waals surface area contributed by atoms with Crippen LogP contribution in [0.4, 0.5) is 0 Å². The van der Waals surface area contributed by atoms with Crippen LogP contribution in [0.2, 0.25) is 0 Å². The maximum Gasteiger partial charge on any atom is 0.312 e. The van der Waals surface area contributed by atoms with Gasteiger partial charge in [0.25, 0.3) is 0 Å². The first-order chi connectivity index (χ1) is 14.7. The second-order valence-corrected chi connectivity index (χ2v) is 10.3. The number of allylic oxidation sites excluding steroid dienone is 3. The van der Waals surface area contributed by atoms with Crippen LogP contribution in [0, 0.1) is 29.1 Å². The minimum atomic E-state index is -0.601. The number of esters is 2. The molecule has 0 aromatic carbocycles. The average molecular weight is 433 g/mol. The molecule has 1 heterocycles. The van der Waals surface area contributed by atoms with Crippen LogP contribution in [0.15, 0.2) is 23.8 Å². The molecule has 1 aliphatic heterocycles. The zero-order valence-corrected chi connectivity index (χ0v) is 19.8. The molecule has 0 aromatic heterocycles. The van der Waals surface area contributed by atoms with Gasteiger partial charge in [-0.3, -0.25) is 9.59 Å². The number of carbonyl (C=O) groups excluding carboxylic acids is 2. The van der Waals surface area contributed by atoms with Crippen molar-refractivity contribution >= 4 is 11.9 Å². The van der Waals surface area contributed by atoms with Gasteiger partial charge in [-0.15, -0.1) is 0 Å². The minimum absolute atomic E-state index is 0.0822. The molecule has 174 valence electrons. The van der Waals surface area contributed by atoms with Gasteiger partial charge in [0, 0.05) is 12.3 Å². The van der Waals surface area contributed by atoms with Gasteiger partial charge < -0.3 is 14.6 Å². The summed E-state index contributed by atoms with van der Waals surface area (Å²) in [4.78, 5) is 24.8. The molecule has 5 heteroatoms. The Balaban J connectivity index is 1.77. The zero-order valence-electron chi connectivity index (χ0n) is 19.8. The van der Waals surface area contributed by atoms with E-state index in [-0.39, 0.29) is 36.5 Å². The van der Waals surface area contributed by atoms with Crippen molar-refractivity contribution in [2.45, 2.75) is 97.9 Å². The fourth-order valence-electron chi connectivity index (χ4n) is 5.46. The molecular weight excluding hydrogens is 392 g/mol. The van der Waals surface area contributed by atoms with E-state index in [9.17, 15) is 14.7 Å². The SMILES string of the molecule is CCC(C)(CC)C(=O)O[C@H]1C[C@@H](C)C=C2C=C[C@H](C)C(CC[C@@H]3CC(O)CC(=O)O3)[C@H]21. The molecule has 0 radical (unpaired) electrons. The Labute approximate surface area is 187 Å². The summed E-state index contributed by atoms with van der Waals surface area (Å²) in [6.07, 6.45) is 10.4. The first-order valence-electron chi connectivity index (χ1n) is 12.1. The predicted molar refractivity (Wildman–Crippen MR) is 120 cm³/mol. The molecule has 5 nitrogen and oxygen atoms in total. The molecule has 3 aliphatic rings. The van der Waals surface area contributed by atoms with E-state index in [4.69, 9.17) is 9.47 Å². The summed E-state index contributed by atoms with van der Waals surface area (Å²) < 4.78 is 11.7. The van der Waals surface area contributed by atoms with E-state index < -0.39 is 11.5 Å². The lowest BCUT2D eigenvalue weighted by atomic mass is 9.65. The van der Waals surface area contributed by atoms with E-state index in [2.05, 4.69) is 32.1 Å². The van der Waals surface area contributed by atoms with Crippen molar-refractivity contribution < 1.29 is 24.2 Å². The van der Waals surface area contributed by atoms with Crippen molar-refractivity contribution in [1.82, 2.24) is 0 Å². The van der Waals surface area contributed by atoms with Gasteiger partial charge in [-0.25, -0.2) is 0 Å². The number of aliphatic hydroxyl groups excluding tert-OH is 1. The molecule has 0 saturated carbocycles. The van der Waals surface area contributed by atoms with Crippen LogP contribution < -0.4 is 0 Å². The van der Waals surface area contributed by atoms with Crippen LogP contribution in [-0.4, -0.2) is 35.4 Å². The number of rotatable bonds is 7. The van der Waals surface area contributed by atoms with Gasteiger partial charge in [0.05, 0.1) is 17.9 Å². The summed E-state index contributed by atoms with van der Waals surface area (Å²) in [5.74, 6) is 0.812. The molecule has 3 rings (SSSR count). The Kier molecular flexibility index (Phi) is 7.67. The Morgan fingerprint density at radius 1 is 1.23 bits per heavy atom. The monoisotopic (exact) mass is 432 g/mol. The third-order valence-electron chi connectivity index (χ3n) is 7.96. The maximum absolute atomic E-state index is 13.1. The highest BCUT2D eigenvalue weighted by molar-refractivity contribution is 5.76. The second-order valence-electron chi connectivity index (χ2n) is 10.3. The lowest BCUT2D eigenvalue weighted by molar-refractivity contribution is -0.167. The number of cyclic esters (lactones) is 1. The first kappa shape index (κ1) is 24.0. The van der Waals surface area contributed by atoms with Crippen LogP contribution in [0.5, 0.6) is 0 Å². The Morgan fingerprint density at radius 2 is 1.94 bits per heavy atom. The van der Waals surface area contributed by atoms with Crippen LogP contribution in [-0.2, 0) is 19.1 Å². The van der Waals surface area contributed by atoms with E-state index in [1.54, 1.807) is 0 Å². The van der Waals surface area contributed by atoms with Gasteiger partial charge in [-0.2, -0.15) is 0 Å². The van der Waals surface area contributed by atoms with E-state index in [1.807, 2.05) is 20.8 Å². The van der Waals surface area contributed by atoms with E-state index >= 15 is 0 Å². The van der Waals surface area contributed by atoms with Crippen molar-refractivity contribution in [2.24, 2.45) is 29.1 Å². The molecule has 1 N–H and O–H groups in total. The molecule has 1 saturated heterocycles. The van der Waals surface area contributed by atoms with Crippen LogP contribution >= 0.6 is 0 Å². The van der Waals surface area contributed by atoms with Gasteiger partial charge >= 0.3 is 11.9 Å². The quantitative estimate of drug-likeness (QED) is 0.575. The maximum atomic E-state index is 13.1. The Bertz CT molecular complexity index is 719. The standard InChI is InChI=1S/C26H40O5/c1-6-26(5,7-2)25(29)31-22-13-16(3)12-18-9-8-17(4)21(24(18)22)11-10-20-14-19(27)15-23(28)30-20/h8-9,12,16-17,19-22,24,27H,6-7,10-11,13-15H2,1-5H3/t16-,17-,19?,20+,21?,22-,24-/m0/s1. The summed E-state index contributed by atoms with van der Waals surface area (Å²) >= 11 is 0. The average Bonchev–Trinajstić information content (AvgIpc) is 2.71. The number of hydrogen-bond acceptors (Lipinski definition) is 5. The van der Waals surface area contributed by atoms with Crippen molar-refractivity contribution in [3.05, 3.63) is 23.8 Å². The van der Waals surface area contributed by atoms with E-state index in [0.29, 0.717) is 24.2 Å². The van der Waals surface area contributed by atoms with Crippen molar-refractivity contribution in [3.63, 3.8) is 0 Å². The summed E-state index contributed by atoms with van der Waals surface area (Å²) in [6.45, 7) is 10.5. The van der Waals surface area contributed by atoms with E-state index in [1.165, 1.54) is 5.57 Å². The van der Waals surface area contributed by atoms with Crippen LogP contribution in [0.3, 0.4) is 0 Å². The number of ether oxygens (including phenoxy) is 2. The molecule has 2 aliphatic carbocycles. The molecule has 7 atom stereocenters. The highest BCUT2D eigenvalue weighted by Crippen LogP contribution is 2.46. The molecule has 31 heavy (non-hydrogen) atoms. The topological polar surface area (TPSA) is 72.8 Å². The lowest BCUT2D eigenvalue weighted by Crippen LogP contribution is -2.43. The number of carbonyl (C=O) groups is 2. The highest BCUT2D eigenvalue weighted by atomic mass is 16.6. The Hall–Kier alpha value is -1.62. The van der Waals surface area contributed by atoms with Crippen LogP contribution in [0.25, 0.3) is 0 Å². The van der Waals surface area contributed by atoms with Gasteiger partial charge in [-0.05, 0) is 62.4 Å². The van der Waals surface area contributed by atoms with Gasteiger partial charge in [0.2, 0.25) is 0 Å². The molecule has 0 amide bonds. The zero-order chi connectivity index (χ0) is 22.8. The summed E-state index contributed by atoms with van der Waals surface area (Å²) in [7, 11) is 0. The molecule has 0 bridgehead atoms. The number of aliphatic hydroxyl groups is 1. The Morgan fingerprint density at radius 3 is 2.58 bits per heavy atom. The predicted octanol–water partition coefficient (Wildman–Crippen LogP) is 4.98. The minimum Gasteiger partial charge on any atom is -0.462 e. The number of hydrogen-bond donors (Lipinski definition) is 1. The van der Waals surface area contributed by atoms with E-state index in [0.717, 1.165) is 32.1 Å². The fourth-order valence-corrected chi connectivity index (χ4v) is 5.46. The smallest absolute Gasteiger partial charge is 0.312 e. The molecule has 2 unspecified atom stereocenters. The summed E-state index contributed by atoms with van der Waals surface area (Å²) in [6, 6.07) is 0. The lowest BCUT2D eigenvalue weighted by Gasteiger charge is -2.44. The molecular formula is C26H40O5. The van der Waals surface area contributed by atoms with Gasteiger partial charge in [0.1, 0.15) is 12.2 Å². The largest absolute Gasteiger partial charge is 0.462 e. The molecule has 0 aromatic rings. The second kappa shape index (κ2) is 9.89. The van der Waals surface area contributed by atoms with Gasteiger partial charge in [0.15, 0.2) is 0 Å². The van der Waals surface area contributed by atoms with Crippen LogP contribution in [0.1, 0.15) is 79.6 Å². The molecule has 1 fully saturated rings.